The van der Waals surface area contributed by atoms with Crippen LogP contribution in [0, 0.1) is 11.8 Å². The molecule has 244 valence electrons. The Labute approximate surface area is 259 Å². The molecule has 1 saturated carbocycles. The fourth-order valence-electron chi connectivity index (χ4n) is 6.45. The number of fused-ring (bicyclic) bond motifs is 3. The Morgan fingerprint density at radius 3 is 2.27 bits per heavy atom. The SMILES string of the molecule is CN(C)c1cc(NC(=O)CNC(=O)OC(C)(C)C)c(O)c2c1CC1CC3[C@H](N(C)C)C(=O)C(C(N)=O)=C(O)[C@@]3(O)C(=O)C1=C2O. The highest BCUT2D eigenvalue weighted by Crippen LogP contribution is 2.54. The van der Waals surface area contributed by atoms with E-state index in [9.17, 15) is 44.4 Å². The predicted octanol–water partition coefficient (Wildman–Crippen LogP) is 0.493. The van der Waals surface area contributed by atoms with Gasteiger partial charge in [-0.25, -0.2) is 4.79 Å². The largest absolute Gasteiger partial charge is 0.508 e. The lowest BCUT2D eigenvalue weighted by Gasteiger charge is -2.50. The van der Waals surface area contributed by atoms with Crippen molar-refractivity contribution in [3.05, 3.63) is 34.1 Å². The molecule has 0 heterocycles. The van der Waals surface area contributed by atoms with E-state index in [4.69, 9.17) is 10.5 Å². The third-order valence-electron chi connectivity index (χ3n) is 8.25. The van der Waals surface area contributed by atoms with Gasteiger partial charge in [-0.3, -0.25) is 24.1 Å². The molecule has 1 aromatic rings. The number of benzene rings is 1. The number of alkyl carbamates (subject to hydrolysis) is 1. The van der Waals surface area contributed by atoms with Crippen LogP contribution < -0.4 is 21.3 Å². The fraction of sp³-hybridized carbons (Fsp3) is 0.500. The quantitative estimate of drug-likeness (QED) is 0.168. The molecule has 3 amide bonds. The van der Waals surface area contributed by atoms with Crippen molar-refractivity contribution in [3.8, 4) is 5.75 Å². The van der Waals surface area contributed by atoms with Gasteiger partial charge in [0, 0.05) is 31.3 Å². The number of phenolic OH excluding ortho intramolecular Hbond substituents is 1. The maximum absolute atomic E-state index is 14.1. The number of carbonyl (C=O) groups excluding carboxylic acids is 5. The molecule has 3 aliphatic rings. The molecule has 3 aliphatic carbocycles. The van der Waals surface area contributed by atoms with Gasteiger partial charge in [-0.2, -0.15) is 0 Å². The molecule has 0 spiro atoms. The first-order chi connectivity index (χ1) is 20.7. The van der Waals surface area contributed by atoms with Crippen LogP contribution in [0.2, 0.25) is 0 Å². The number of phenols is 1. The Morgan fingerprint density at radius 2 is 1.73 bits per heavy atom. The Morgan fingerprint density at radius 1 is 1.11 bits per heavy atom. The molecule has 0 radical (unpaired) electrons. The number of ketones is 2. The number of nitrogens with zero attached hydrogens (tertiary/aromatic N) is 2. The second-order valence-corrected chi connectivity index (χ2v) is 12.9. The molecule has 1 fully saturated rings. The minimum atomic E-state index is -2.77. The van der Waals surface area contributed by atoms with Crippen LogP contribution in [-0.2, 0) is 30.3 Å². The first-order valence-corrected chi connectivity index (χ1v) is 14.2. The molecule has 0 aromatic heterocycles. The third-order valence-corrected chi connectivity index (χ3v) is 8.25. The van der Waals surface area contributed by atoms with Gasteiger partial charge in [0.05, 0.1) is 17.3 Å². The van der Waals surface area contributed by atoms with Crippen LogP contribution in [0.25, 0.3) is 5.76 Å². The average molecular weight is 630 g/mol. The zero-order valence-corrected chi connectivity index (χ0v) is 26.1. The van der Waals surface area contributed by atoms with Crippen molar-refractivity contribution in [3.63, 3.8) is 0 Å². The van der Waals surface area contributed by atoms with E-state index in [1.54, 1.807) is 39.8 Å². The minimum Gasteiger partial charge on any atom is -0.508 e. The van der Waals surface area contributed by atoms with Crippen LogP contribution in [-0.4, -0.2) is 107 Å². The van der Waals surface area contributed by atoms with E-state index < -0.39 is 87.9 Å². The maximum atomic E-state index is 14.1. The van der Waals surface area contributed by atoms with E-state index >= 15 is 0 Å². The summed E-state index contributed by atoms with van der Waals surface area (Å²) in [6.45, 7) is 4.46. The molecular weight excluding hydrogens is 590 g/mol. The van der Waals surface area contributed by atoms with Gasteiger partial charge in [-0.05, 0) is 65.3 Å². The number of carbonyl (C=O) groups is 5. The number of ether oxygens (including phenoxy) is 1. The number of rotatable bonds is 6. The van der Waals surface area contributed by atoms with Crippen LogP contribution >= 0.6 is 0 Å². The van der Waals surface area contributed by atoms with Gasteiger partial charge in [-0.15, -0.1) is 0 Å². The number of aromatic hydroxyl groups is 1. The molecule has 0 bridgehead atoms. The normalized spacial score (nSPS) is 24.5. The molecule has 0 saturated heterocycles. The van der Waals surface area contributed by atoms with Gasteiger partial charge in [0.2, 0.25) is 11.7 Å². The van der Waals surface area contributed by atoms with E-state index in [1.165, 1.54) is 25.1 Å². The van der Waals surface area contributed by atoms with E-state index in [-0.39, 0.29) is 29.7 Å². The standard InChI is InChI=1S/C30H39N5O10/c1-29(2,3)45-28(43)32-11-17(36)33-15-10-16(34(4)5)13-8-12-9-14-21(35(6)7)24(39)20(27(31)42)26(41)30(14,44)25(40)18(12)23(38)19(13)22(15)37/h10,12,14,21,37-38,41,44H,8-9,11H2,1-7H3,(H2,31,42)(H,32,43)(H,33,36)/t12?,14?,21-,30-/m0/s1. The second kappa shape index (κ2) is 11.4. The Bertz CT molecular complexity index is 1570. The first kappa shape index (κ1) is 33.3. The molecule has 4 rings (SSSR count). The summed E-state index contributed by atoms with van der Waals surface area (Å²) in [5.41, 5.74) is 1.13. The average Bonchev–Trinajstić information content (AvgIpc) is 2.89. The summed E-state index contributed by atoms with van der Waals surface area (Å²) in [6, 6.07) is 0.273. The summed E-state index contributed by atoms with van der Waals surface area (Å²) < 4.78 is 5.11. The molecule has 45 heavy (non-hydrogen) atoms. The zero-order chi connectivity index (χ0) is 33.9. The number of anilines is 2. The van der Waals surface area contributed by atoms with Crippen LogP contribution in [0.15, 0.2) is 23.0 Å². The van der Waals surface area contributed by atoms with E-state index in [1.807, 2.05) is 0 Å². The number of nitrogens with two attached hydrogens (primary N) is 1. The highest BCUT2D eigenvalue weighted by molar-refractivity contribution is 6.24. The number of hydrogen-bond donors (Lipinski definition) is 7. The van der Waals surface area contributed by atoms with Crippen molar-refractivity contribution >= 4 is 46.6 Å². The van der Waals surface area contributed by atoms with Crippen molar-refractivity contribution < 1.29 is 49.1 Å². The van der Waals surface area contributed by atoms with Crippen LogP contribution in [0.1, 0.15) is 38.3 Å². The molecule has 0 aliphatic heterocycles. The lowest BCUT2D eigenvalue weighted by Crippen LogP contribution is -2.65. The number of amides is 3. The Kier molecular flexibility index (Phi) is 8.41. The number of likely N-dealkylation sites (N-methyl/N-ethyl adjacent to an activating group) is 1. The van der Waals surface area contributed by atoms with Crippen molar-refractivity contribution in [2.24, 2.45) is 17.6 Å². The Hall–Kier alpha value is -4.63. The van der Waals surface area contributed by atoms with Crippen molar-refractivity contribution in [1.29, 1.82) is 0 Å². The van der Waals surface area contributed by atoms with Gasteiger partial charge in [0.15, 0.2) is 11.4 Å². The molecule has 15 nitrogen and oxygen atoms in total. The lowest BCUT2D eigenvalue weighted by atomic mass is 9.57. The van der Waals surface area contributed by atoms with Gasteiger partial charge in [0.1, 0.15) is 35.0 Å². The third kappa shape index (κ3) is 5.57. The van der Waals surface area contributed by atoms with Gasteiger partial charge < -0.3 is 46.4 Å². The van der Waals surface area contributed by atoms with E-state index in [2.05, 4.69) is 10.6 Å². The van der Waals surface area contributed by atoms with Gasteiger partial charge in [-0.1, -0.05) is 0 Å². The fourth-order valence-corrected chi connectivity index (χ4v) is 6.45. The first-order valence-electron chi connectivity index (χ1n) is 14.2. The molecule has 1 aromatic carbocycles. The lowest BCUT2D eigenvalue weighted by molar-refractivity contribution is -0.153. The number of nitrogens with one attached hydrogen (secondary N) is 2. The molecule has 2 unspecified atom stereocenters. The molecule has 8 N–H and O–H groups in total. The van der Waals surface area contributed by atoms with Crippen LogP contribution in [0.3, 0.4) is 0 Å². The number of primary amides is 1. The maximum Gasteiger partial charge on any atom is 0.408 e. The summed E-state index contributed by atoms with van der Waals surface area (Å²) in [4.78, 5) is 67.3. The highest BCUT2D eigenvalue weighted by atomic mass is 16.6. The van der Waals surface area contributed by atoms with Crippen LogP contribution in [0.5, 0.6) is 5.75 Å². The van der Waals surface area contributed by atoms with E-state index in [0.29, 0.717) is 11.3 Å². The predicted molar refractivity (Wildman–Crippen MR) is 161 cm³/mol. The summed E-state index contributed by atoms with van der Waals surface area (Å²) >= 11 is 0. The Balaban J connectivity index is 1.80. The van der Waals surface area contributed by atoms with Crippen molar-refractivity contribution in [1.82, 2.24) is 10.2 Å². The molecular formula is C30H39N5O10. The smallest absolute Gasteiger partial charge is 0.408 e. The number of aliphatic hydroxyl groups is 3. The van der Waals surface area contributed by atoms with Crippen molar-refractivity contribution in [2.75, 3.05) is 45.0 Å². The summed E-state index contributed by atoms with van der Waals surface area (Å²) in [5.74, 6) is -8.48. The minimum absolute atomic E-state index is 0.0613. The van der Waals surface area contributed by atoms with Crippen molar-refractivity contribution in [2.45, 2.75) is 50.9 Å². The monoisotopic (exact) mass is 629 g/mol. The second-order valence-electron chi connectivity index (χ2n) is 12.9. The van der Waals surface area contributed by atoms with Crippen LogP contribution in [0.4, 0.5) is 16.2 Å². The number of aliphatic hydroxyl groups excluding tert-OH is 2. The van der Waals surface area contributed by atoms with Gasteiger partial charge >= 0.3 is 6.09 Å². The molecule has 4 atom stereocenters. The summed E-state index contributed by atoms with van der Waals surface area (Å²) in [7, 11) is 6.43. The highest BCUT2D eigenvalue weighted by Gasteiger charge is 2.64. The van der Waals surface area contributed by atoms with Gasteiger partial charge in [0.25, 0.3) is 5.91 Å². The zero-order valence-electron chi connectivity index (χ0n) is 26.1. The summed E-state index contributed by atoms with van der Waals surface area (Å²) in [5, 5.41) is 50.4. The summed E-state index contributed by atoms with van der Waals surface area (Å²) in [6.07, 6.45) is -0.822. The number of hydrogen-bond acceptors (Lipinski definition) is 12. The molecule has 15 heteroatoms. The van der Waals surface area contributed by atoms with E-state index in [0.717, 1.165) is 0 Å². The topological polar surface area (TPSA) is 232 Å². The number of Topliss-reactive ketones (excluding diaryl/α,β-unsaturated/α-hetero) is 2.